The Labute approximate surface area is 203 Å². The van der Waals surface area contributed by atoms with Crippen LogP contribution < -0.4 is 4.74 Å². The van der Waals surface area contributed by atoms with Crippen LogP contribution in [0.5, 0.6) is 5.75 Å². The molecule has 3 aromatic rings. The van der Waals surface area contributed by atoms with Crippen LogP contribution in [0.1, 0.15) is 33.7 Å². The van der Waals surface area contributed by atoms with Crippen LogP contribution in [-0.4, -0.2) is 24.6 Å². The molecule has 0 aliphatic rings. The molecule has 1 N–H and O–H groups in total. The van der Waals surface area contributed by atoms with Gasteiger partial charge in [-0.3, -0.25) is 0 Å². The second-order valence-corrected chi connectivity index (χ2v) is 8.02. The second-order valence-electron chi connectivity index (χ2n) is 8.02. The minimum Gasteiger partial charge on any atom is -0.497 e. The Morgan fingerprint density at radius 1 is 0.833 bits per heavy atom. The Hall–Kier alpha value is -3.53. The minimum atomic E-state index is -4.96. The van der Waals surface area contributed by atoms with Crippen molar-refractivity contribution in [1.82, 2.24) is 0 Å². The average Bonchev–Trinajstić information content (AvgIpc) is 2.85. The lowest BCUT2D eigenvalue weighted by Crippen LogP contribution is -2.21. The molecule has 0 saturated carbocycles. The molecule has 0 bridgehead atoms. The maximum absolute atomic E-state index is 13.1. The summed E-state index contributed by atoms with van der Waals surface area (Å²) in [5.74, 6) is 0.0622. The van der Waals surface area contributed by atoms with Gasteiger partial charge in [0.1, 0.15) is 5.75 Å². The van der Waals surface area contributed by atoms with E-state index in [1.54, 1.807) is 24.3 Å². The Balaban J connectivity index is 1.84. The third kappa shape index (κ3) is 7.24. The summed E-state index contributed by atoms with van der Waals surface area (Å²) < 4.78 is 89.5. The summed E-state index contributed by atoms with van der Waals surface area (Å²) in [7, 11) is 1.50. The van der Waals surface area contributed by atoms with Gasteiger partial charge in [-0.25, -0.2) is 0 Å². The van der Waals surface area contributed by atoms with E-state index in [-0.39, 0.29) is 23.9 Å². The van der Waals surface area contributed by atoms with Gasteiger partial charge in [0.2, 0.25) is 0 Å². The van der Waals surface area contributed by atoms with Gasteiger partial charge in [0.25, 0.3) is 0 Å². The van der Waals surface area contributed by atoms with E-state index in [1.807, 2.05) is 30.3 Å². The van der Waals surface area contributed by atoms with Crippen LogP contribution >= 0.6 is 0 Å². The molecule has 36 heavy (non-hydrogen) atoms. The number of hydrogen-bond acceptors (Lipinski definition) is 4. The predicted molar refractivity (Wildman–Crippen MR) is 121 cm³/mol. The third-order valence-electron chi connectivity index (χ3n) is 5.48. The van der Waals surface area contributed by atoms with E-state index in [1.165, 1.54) is 7.11 Å². The molecular weight excluding hydrogens is 488 g/mol. The minimum absolute atomic E-state index is 0.0583. The summed E-state index contributed by atoms with van der Waals surface area (Å²) in [6, 6.07) is 17.6. The van der Waals surface area contributed by atoms with Gasteiger partial charge in [-0.15, -0.1) is 0 Å². The van der Waals surface area contributed by atoms with Crippen molar-refractivity contribution in [1.29, 1.82) is 0 Å². The van der Waals surface area contributed by atoms with Crippen LogP contribution in [-0.2, 0) is 30.1 Å². The van der Waals surface area contributed by atoms with Crippen LogP contribution in [0.25, 0.3) is 0 Å². The van der Waals surface area contributed by atoms with E-state index < -0.39 is 36.0 Å². The van der Waals surface area contributed by atoms with Gasteiger partial charge in [0.15, 0.2) is 0 Å². The van der Waals surface area contributed by atoms with Crippen LogP contribution in [0.2, 0.25) is 0 Å². The standard InChI is InChI=1S/C26H23F6NO3/c1-35-22-9-5-8-19(13-22)23(12-17-6-3-2-4-7-17)24(33-34)16-36-15-18-10-20(25(27,28)29)14-21(11-18)26(30,31)32/h2-11,13-14,23,34H,12,15-16H2,1H3. The Bertz CT molecular complexity index is 1140. The molecule has 0 fully saturated rings. The highest BCUT2D eigenvalue weighted by Crippen LogP contribution is 2.36. The second kappa shape index (κ2) is 11.5. The maximum atomic E-state index is 13.1. The van der Waals surface area contributed by atoms with Crippen molar-refractivity contribution in [3.8, 4) is 5.75 Å². The fourth-order valence-electron chi connectivity index (χ4n) is 3.71. The highest BCUT2D eigenvalue weighted by molar-refractivity contribution is 5.92. The van der Waals surface area contributed by atoms with Crippen LogP contribution in [0.3, 0.4) is 0 Å². The van der Waals surface area contributed by atoms with Crippen molar-refractivity contribution < 1.29 is 41.0 Å². The van der Waals surface area contributed by atoms with Gasteiger partial charge < -0.3 is 14.7 Å². The predicted octanol–water partition coefficient (Wildman–Crippen LogP) is 7.11. The molecule has 0 radical (unpaired) electrons. The van der Waals surface area contributed by atoms with Crippen LogP contribution in [0, 0.1) is 0 Å². The molecule has 4 nitrogen and oxygen atoms in total. The molecular formula is C26H23F6NO3. The summed E-state index contributed by atoms with van der Waals surface area (Å²) in [5, 5.41) is 13.1. The number of nitrogens with zero attached hydrogens (tertiary/aromatic N) is 1. The Morgan fingerprint density at radius 2 is 1.47 bits per heavy atom. The maximum Gasteiger partial charge on any atom is 0.416 e. The van der Waals surface area contributed by atoms with E-state index in [9.17, 15) is 31.5 Å². The molecule has 0 heterocycles. The first-order valence-electron chi connectivity index (χ1n) is 10.8. The van der Waals surface area contributed by atoms with Gasteiger partial charge in [-0.1, -0.05) is 47.6 Å². The summed E-state index contributed by atoms with van der Waals surface area (Å²) in [6.07, 6.45) is -9.51. The molecule has 0 aliphatic carbocycles. The highest BCUT2D eigenvalue weighted by atomic mass is 19.4. The SMILES string of the molecule is COc1cccc(C(Cc2ccccc2)C(COCc2cc(C(F)(F)F)cc(C(F)(F)F)c2)=NO)c1. The molecule has 1 unspecified atom stereocenters. The first kappa shape index (κ1) is 27.1. The van der Waals surface area contributed by atoms with Gasteiger partial charge in [-0.2, -0.15) is 26.3 Å². The zero-order chi connectivity index (χ0) is 26.3. The molecule has 10 heteroatoms. The molecule has 0 aliphatic heterocycles. The normalized spacial score (nSPS) is 13.5. The quantitative estimate of drug-likeness (QED) is 0.144. The first-order valence-corrected chi connectivity index (χ1v) is 10.8. The van der Waals surface area contributed by atoms with Gasteiger partial charge in [-0.05, 0) is 53.4 Å². The highest BCUT2D eigenvalue weighted by Gasteiger charge is 2.37. The number of rotatable bonds is 9. The molecule has 0 spiro atoms. The van der Waals surface area contributed by atoms with E-state index in [0.717, 1.165) is 11.1 Å². The number of oxime groups is 1. The number of ether oxygens (including phenoxy) is 2. The van der Waals surface area contributed by atoms with Crippen molar-refractivity contribution in [2.24, 2.45) is 5.16 Å². The number of hydrogen-bond donors (Lipinski definition) is 1. The van der Waals surface area contributed by atoms with Crippen LogP contribution in [0.4, 0.5) is 26.3 Å². The lowest BCUT2D eigenvalue weighted by molar-refractivity contribution is -0.143. The van der Waals surface area contributed by atoms with E-state index in [0.29, 0.717) is 24.3 Å². The zero-order valence-corrected chi connectivity index (χ0v) is 19.1. The lowest BCUT2D eigenvalue weighted by Gasteiger charge is -2.20. The van der Waals surface area contributed by atoms with Crippen LogP contribution in [0.15, 0.2) is 78.0 Å². The smallest absolute Gasteiger partial charge is 0.416 e. The molecule has 192 valence electrons. The van der Waals surface area contributed by atoms with Gasteiger partial charge in [0, 0.05) is 5.92 Å². The Kier molecular flexibility index (Phi) is 8.62. The summed E-state index contributed by atoms with van der Waals surface area (Å²) >= 11 is 0. The average molecular weight is 511 g/mol. The molecule has 3 aromatic carbocycles. The van der Waals surface area contributed by atoms with E-state index in [4.69, 9.17) is 9.47 Å². The number of alkyl halides is 6. The molecule has 1 atom stereocenters. The van der Waals surface area contributed by atoms with Gasteiger partial charge in [0.05, 0.1) is 37.2 Å². The molecule has 3 rings (SSSR count). The van der Waals surface area contributed by atoms with Crippen molar-refractivity contribution in [3.63, 3.8) is 0 Å². The van der Waals surface area contributed by atoms with Crippen molar-refractivity contribution in [2.75, 3.05) is 13.7 Å². The fraction of sp³-hybridized carbons (Fsp3) is 0.269. The largest absolute Gasteiger partial charge is 0.497 e. The molecule has 0 saturated heterocycles. The lowest BCUT2D eigenvalue weighted by atomic mass is 9.88. The molecule has 0 amide bonds. The zero-order valence-electron chi connectivity index (χ0n) is 19.1. The monoisotopic (exact) mass is 511 g/mol. The fourth-order valence-corrected chi connectivity index (χ4v) is 3.71. The summed E-state index contributed by atoms with van der Waals surface area (Å²) in [5.41, 5.74) is -1.37. The third-order valence-corrected chi connectivity index (χ3v) is 5.48. The van der Waals surface area contributed by atoms with E-state index >= 15 is 0 Å². The van der Waals surface area contributed by atoms with Crippen molar-refractivity contribution in [3.05, 3.63) is 101 Å². The van der Waals surface area contributed by atoms with Crippen molar-refractivity contribution in [2.45, 2.75) is 31.3 Å². The number of methoxy groups -OCH3 is 1. The first-order chi connectivity index (χ1) is 17.0. The van der Waals surface area contributed by atoms with Gasteiger partial charge >= 0.3 is 12.4 Å². The number of halogens is 6. The summed E-state index contributed by atoms with van der Waals surface area (Å²) in [4.78, 5) is 0. The molecule has 0 aromatic heterocycles. The number of benzene rings is 3. The topological polar surface area (TPSA) is 51.0 Å². The van der Waals surface area contributed by atoms with E-state index in [2.05, 4.69) is 5.16 Å². The Morgan fingerprint density at radius 3 is 2.03 bits per heavy atom. The van der Waals surface area contributed by atoms with Crippen molar-refractivity contribution >= 4 is 5.71 Å². The summed E-state index contributed by atoms with van der Waals surface area (Å²) in [6.45, 7) is -0.884.